The molecule has 0 saturated carbocycles. The van der Waals surface area contributed by atoms with Gasteiger partial charge in [0.2, 0.25) is 0 Å². The van der Waals surface area contributed by atoms with Crippen LogP contribution in [0.4, 0.5) is 5.69 Å². The Kier molecular flexibility index (Phi) is 2.66. The summed E-state index contributed by atoms with van der Waals surface area (Å²) in [6.45, 7) is 3.06. The molecule has 1 heterocycles. The lowest BCUT2D eigenvalue weighted by Crippen LogP contribution is -2.28. The maximum Gasteiger partial charge on any atom is 0.0455 e. The Morgan fingerprint density at radius 3 is 3.07 bits per heavy atom. The zero-order chi connectivity index (χ0) is 10.1. The highest BCUT2D eigenvalue weighted by molar-refractivity contribution is 6.31. The van der Waals surface area contributed by atoms with E-state index in [1.165, 1.54) is 16.8 Å². The number of rotatable bonds is 2. The molecule has 0 saturated heterocycles. The zero-order valence-electron chi connectivity index (χ0n) is 8.52. The number of halogens is 1. The van der Waals surface area contributed by atoms with Gasteiger partial charge in [0.05, 0.1) is 0 Å². The largest absolute Gasteiger partial charge is 0.380 e. The van der Waals surface area contributed by atoms with Gasteiger partial charge in [-0.15, -0.1) is 0 Å². The Morgan fingerprint density at radius 2 is 2.36 bits per heavy atom. The average molecular weight is 211 g/mol. The zero-order valence-corrected chi connectivity index (χ0v) is 9.28. The van der Waals surface area contributed by atoms with E-state index in [9.17, 15) is 0 Å². The van der Waals surface area contributed by atoms with Crippen LogP contribution in [0.15, 0.2) is 12.1 Å². The summed E-state index contributed by atoms with van der Waals surface area (Å²) in [6.07, 6.45) is 1.09. The van der Waals surface area contributed by atoms with Gasteiger partial charge in [0.25, 0.3) is 0 Å². The van der Waals surface area contributed by atoms with Crippen LogP contribution in [0.1, 0.15) is 11.1 Å². The molecule has 2 N–H and O–H groups in total. The fourth-order valence-corrected chi connectivity index (χ4v) is 2.16. The van der Waals surface area contributed by atoms with Crippen molar-refractivity contribution in [3.63, 3.8) is 0 Å². The predicted molar refractivity (Wildman–Crippen MR) is 61.2 cm³/mol. The summed E-state index contributed by atoms with van der Waals surface area (Å²) in [5.74, 6) is 0. The standard InChI is InChI=1S/C11H15ClN2/c1-7-10(12)4-3-8-5-9(6-13-2)14-11(7)8/h3-4,9,13-14H,5-6H2,1-2H3. The van der Waals surface area contributed by atoms with Crippen molar-refractivity contribution in [3.05, 3.63) is 28.3 Å². The van der Waals surface area contributed by atoms with E-state index in [1.807, 2.05) is 13.1 Å². The van der Waals surface area contributed by atoms with Crippen molar-refractivity contribution in [2.24, 2.45) is 0 Å². The molecular weight excluding hydrogens is 196 g/mol. The van der Waals surface area contributed by atoms with Crippen LogP contribution < -0.4 is 10.6 Å². The van der Waals surface area contributed by atoms with E-state index < -0.39 is 0 Å². The third kappa shape index (κ3) is 1.60. The molecule has 1 unspecified atom stereocenters. The number of likely N-dealkylation sites (N-methyl/N-ethyl adjacent to an activating group) is 1. The van der Waals surface area contributed by atoms with E-state index in [1.54, 1.807) is 0 Å². The molecule has 76 valence electrons. The van der Waals surface area contributed by atoms with Gasteiger partial charge in [-0.3, -0.25) is 0 Å². The molecule has 1 aromatic carbocycles. The highest BCUT2D eigenvalue weighted by Gasteiger charge is 2.21. The van der Waals surface area contributed by atoms with Gasteiger partial charge in [-0.25, -0.2) is 0 Å². The summed E-state index contributed by atoms with van der Waals surface area (Å²) in [7, 11) is 1.98. The lowest BCUT2D eigenvalue weighted by Gasteiger charge is -2.11. The van der Waals surface area contributed by atoms with E-state index in [4.69, 9.17) is 11.6 Å². The van der Waals surface area contributed by atoms with Crippen molar-refractivity contribution in [2.45, 2.75) is 19.4 Å². The lowest BCUT2D eigenvalue weighted by atomic mass is 10.1. The van der Waals surface area contributed by atoms with E-state index in [2.05, 4.69) is 23.6 Å². The Balaban J connectivity index is 2.26. The minimum Gasteiger partial charge on any atom is -0.380 e. The number of hydrogen-bond donors (Lipinski definition) is 2. The first-order valence-electron chi connectivity index (χ1n) is 4.91. The minimum atomic E-state index is 0.507. The number of hydrogen-bond acceptors (Lipinski definition) is 2. The molecule has 1 aliphatic rings. The molecule has 1 aliphatic heterocycles. The van der Waals surface area contributed by atoms with E-state index in [0.717, 1.165) is 18.0 Å². The Hall–Kier alpha value is -0.730. The molecule has 1 atom stereocenters. The van der Waals surface area contributed by atoms with Crippen LogP contribution in [0.5, 0.6) is 0 Å². The summed E-state index contributed by atoms with van der Waals surface area (Å²) in [5.41, 5.74) is 3.78. The molecule has 0 radical (unpaired) electrons. The van der Waals surface area contributed by atoms with Gasteiger partial charge in [-0.2, -0.15) is 0 Å². The Morgan fingerprint density at radius 1 is 1.57 bits per heavy atom. The second kappa shape index (κ2) is 3.79. The third-order valence-corrected chi connectivity index (χ3v) is 3.16. The summed E-state index contributed by atoms with van der Waals surface area (Å²) in [4.78, 5) is 0. The van der Waals surface area contributed by atoms with Crippen LogP contribution in [-0.4, -0.2) is 19.6 Å². The molecule has 3 heteroatoms. The lowest BCUT2D eigenvalue weighted by molar-refractivity contribution is 0.673. The van der Waals surface area contributed by atoms with Gasteiger partial charge < -0.3 is 10.6 Å². The number of benzene rings is 1. The summed E-state index contributed by atoms with van der Waals surface area (Å²) in [5, 5.41) is 7.53. The van der Waals surface area contributed by atoms with Crippen LogP contribution in [0, 0.1) is 6.92 Å². The maximum atomic E-state index is 6.06. The fourth-order valence-electron chi connectivity index (χ4n) is 2.00. The molecule has 0 amide bonds. The van der Waals surface area contributed by atoms with Crippen LogP contribution in [0.3, 0.4) is 0 Å². The molecule has 0 aliphatic carbocycles. The minimum absolute atomic E-state index is 0.507. The topological polar surface area (TPSA) is 24.1 Å². The van der Waals surface area contributed by atoms with Gasteiger partial charge in [-0.1, -0.05) is 17.7 Å². The van der Waals surface area contributed by atoms with E-state index in [-0.39, 0.29) is 0 Å². The van der Waals surface area contributed by atoms with Crippen molar-refractivity contribution in [2.75, 3.05) is 18.9 Å². The first kappa shape index (κ1) is 9.81. The molecule has 2 rings (SSSR count). The molecule has 1 aromatic rings. The Bertz CT molecular complexity index is 349. The highest BCUT2D eigenvalue weighted by atomic mass is 35.5. The monoisotopic (exact) mass is 210 g/mol. The van der Waals surface area contributed by atoms with E-state index >= 15 is 0 Å². The van der Waals surface area contributed by atoms with Gasteiger partial charge >= 0.3 is 0 Å². The van der Waals surface area contributed by atoms with Crippen LogP contribution >= 0.6 is 11.6 Å². The number of anilines is 1. The van der Waals surface area contributed by atoms with Gasteiger partial charge in [-0.05, 0) is 37.6 Å². The first-order valence-corrected chi connectivity index (χ1v) is 5.29. The summed E-state index contributed by atoms with van der Waals surface area (Å²) >= 11 is 6.06. The SMILES string of the molecule is CNCC1Cc2ccc(Cl)c(C)c2N1. The van der Waals surface area contributed by atoms with Gasteiger partial charge in [0.15, 0.2) is 0 Å². The van der Waals surface area contributed by atoms with Crippen LogP contribution in [-0.2, 0) is 6.42 Å². The molecule has 0 bridgehead atoms. The second-order valence-electron chi connectivity index (χ2n) is 3.81. The number of nitrogens with one attached hydrogen (secondary N) is 2. The molecule has 2 nitrogen and oxygen atoms in total. The van der Waals surface area contributed by atoms with Gasteiger partial charge in [0.1, 0.15) is 0 Å². The molecule has 0 spiro atoms. The third-order valence-electron chi connectivity index (χ3n) is 2.75. The smallest absolute Gasteiger partial charge is 0.0455 e. The Labute approximate surface area is 89.7 Å². The maximum absolute atomic E-state index is 6.06. The van der Waals surface area contributed by atoms with Crippen LogP contribution in [0.2, 0.25) is 5.02 Å². The van der Waals surface area contributed by atoms with Crippen molar-refractivity contribution in [1.29, 1.82) is 0 Å². The summed E-state index contributed by atoms with van der Waals surface area (Å²) in [6, 6.07) is 4.61. The molecule has 14 heavy (non-hydrogen) atoms. The van der Waals surface area contributed by atoms with E-state index in [0.29, 0.717) is 6.04 Å². The van der Waals surface area contributed by atoms with Gasteiger partial charge in [0, 0.05) is 23.3 Å². The van der Waals surface area contributed by atoms with Crippen molar-refractivity contribution in [3.8, 4) is 0 Å². The predicted octanol–water partition coefficient (Wildman–Crippen LogP) is 2.20. The number of fused-ring (bicyclic) bond motifs is 1. The quantitative estimate of drug-likeness (QED) is 0.782. The van der Waals surface area contributed by atoms with Crippen LogP contribution in [0.25, 0.3) is 0 Å². The highest BCUT2D eigenvalue weighted by Crippen LogP contribution is 2.33. The van der Waals surface area contributed by atoms with Crippen molar-refractivity contribution < 1.29 is 0 Å². The molecule has 0 fully saturated rings. The molecular formula is C11H15ClN2. The first-order chi connectivity index (χ1) is 6.72. The normalized spacial score (nSPS) is 19.2. The molecule has 0 aromatic heterocycles. The second-order valence-corrected chi connectivity index (χ2v) is 4.22. The van der Waals surface area contributed by atoms with Crippen molar-refractivity contribution >= 4 is 17.3 Å². The fraction of sp³-hybridized carbons (Fsp3) is 0.455. The average Bonchev–Trinajstić information content (AvgIpc) is 2.56. The summed E-state index contributed by atoms with van der Waals surface area (Å²) < 4.78 is 0. The van der Waals surface area contributed by atoms with Crippen molar-refractivity contribution in [1.82, 2.24) is 5.32 Å².